The normalized spacial score (nSPS) is 12.4. The van der Waals surface area contributed by atoms with Crippen molar-refractivity contribution in [2.24, 2.45) is 0 Å². The van der Waals surface area contributed by atoms with Crippen LogP contribution < -0.4 is 0 Å². The molecule has 2 heteroatoms. The minimum absolute atomic E-state index is 0.921. The maximum atomic E-state index is 6.98. The van der Waals surface area contributed by atoms with Crippen LogP contribution in [0.3, 0.4) is 0 Å². The summed E-state index contributed by atoms with van der Waals surface area (Å²) in [5.41, 5.74) is 10.1. The molecular formula is C48H27NO. The number of fused-ring (bicyclic) bond motifs is 15. The van der Waals surface area contributed by atoms with Gasteiger partial charge in [0, 0.05) is 43.4 Å². The quantitative estimate of drug-likeness (QED) is 0.173. The van der Waals surface area contributed by atoms with Crippen LogP contribution in [0, 0.1) is 0 Å². The van der Waals surface area contributed by atoms with E-state index >= 15 is 0 Å². The first-order chi connectivity index (χ1) is 24.8. The zero-order valence-electron chi connectivity index (χ0n) is 26.9. The molecule has 3 aromatic heterocycles. The monoisotopic (exact) mass is 633 g/mol. The summed E-state index contributed by atoms with van der Waals surface area (Å²) in [5.74, 6) is 0. The molecular weight excluding hydrogens is 607 g/mol. The Morgan fingerprint density at radius 3 is 1.38 bits per heavy atom. The topological polar surface area (TPSA) is 17.6 Å². The molecule has 0 bridgehead atoms. The van der Waals surface area contributed by atoms with Crippen molar-refractivity contribution in [2.75, 3.05) is 0 Å². The zero-order chi connectivity index (χ0) is 32.5. The molecule has 0 N–H and O–H groups in total. The van der Waals surface area contributed by atoms with Crippen LogP contribution in [0.5, 0.6) is 0 Å². The van der Waals surface area contributed by atoms with Crippen LogP contribution in [0.4, 0.5) is 0 Å². The summed E-state index contributed by atoms with van der Waals surface area (Å²) in [6, 6.07) is 59.9. The standard InChI is InChI=1S/C48H27NO/c1-2-12-34-32(10-1)33-11-3-4-13-35(33)43-26-28(22-24-36(34)43)30-15-7-19-41-42-20-8-16-31(48(42)50-47(30)41)29-23-25-38-40-18-9-17-39-37-14-5-6-21-44(37)49(46(39)40)45(38)27-29/h1-27H. The Kier molecular flexibility index (Phi) is 5.00. The van der Waals surface area contributed by atoms with Gasteiger partial charge in [-0.15, -0.1) is 0 Å². The van der Waals surface area contributed by atoms with Crippen molar-refractivity contribution < 1.29 is 4.42 Å². The lowest BCUT2D eigenvalue weighted by molar-refractivity contribution is 0.671. The molecule has 3 heterocycles. The van der Waals surface area contributed by atoms with Gasteiger partial charge in [-0.1, -0.05) is 146 Å². The van der Waals surface area contributed by atoms with E-state index in [0.717, 1.165) is 44.2 Å². The average Bonchev–Trinajstić information content (AvgIpc) is 3.85. The molecule has 0 saturated heterocycles. The lowest BCUT2D eigenvalue weighted by Crippen LogP contribution is -1.85. The highest BCUT2D eigenvalue weighted by Gasteiger charge is 2.20. The summed E-state index contributed by atoms with van der Waals surface area (Å²) in [6.07, 6.45) is 0. The molecule has 0 unspecified atom stereocenters. The summed E-state index contributed by atoms with van der Waals surface area (Å²) >= 11 is 0. The summed E-state index contributed by atoms with van der Waals surface area (Å²) in [4.78, 5) is 0. The van der Waals surface area contributed by atoms with Crippen molar-refractivity contribution in [3.63, 3.8) is 0 Å². The number of benzene rings is 9. The number of nitrogens with zero attached hydrogens (tertiary/aromatic N) is 1. The molecule has 0 aliphatic carbocycles. The molecule has 0 spiro atoms. The summed E-state index contributed by atoms with van der Waals surface area (Å²) in [5, 5.41) is 15.1. The maximum absolute atomic E-state index is 6.98. The third-order valence-corrected chi connectivity index (χ3v) is 11.1. The van der Waals surface area contributed by atoms with Gasteiger partial charge in [-0.05, 0) is 61.6 Å². The highest BCUT2D eigenvalue weighted by atomic mass is 16.3. The van der Waals surface area contributed by atoms with Crippen molar-refractivity contribution in [2.45, 2.75) is 0 Å². The molecule has 0 aliphatic heterocycles. The second kappa shape index (κ2) is 9.49. The van der Waals surface area contributed by atoms with Crippen molar-refractivity contribution in [1.82, 2.24) is 4.40 Å². The van der Waals surface area contributed by atoms with Crippen LogP contribution in [0.2, 0.25) is 0 Å². The van der Waals surface area contributed by atoms with Gasteiger partial charge < -0.3 is 8.82 Å². The number of aromatic nitrogens is 1. The van der Waals surface area contributed by atoms with E-state index in [-0.39, 0.29) is 0 Å². The number of para-hydroxylation sites is 4. The summed E-state index contributed by atoms with van der Waals surface area (Å²) < 4.78 is 9.43. The first-order valence-corrected chi connectivity index (χ1v) is 17.3. The molecule has 0 aliphatic rings. The average molecular weight is 634 g/mol. The van der Waals surface area contributed by atoms with Gasteiger partial charge in [0.25, 0.3) is 0 Å². The first kappa shape index (κ1) is 26.3. The van der Waals surface area contributed by atoms with E-state index in [1.54, 1.807) is 0 Å². The van der Waals surface area contributed by atoms with E-state index in [9.17, 15) is 0 Å². The van der Waals surface area contributed by atoms with E-state index in [1.165, 1.54) is 70.4 Å². The molecule has 0 saturated carbocycles. The van der Waals surface area contributed by atoms with Crippen LogP contribution in [-0.2, 0) is 0 Å². The number of hydrogen-bond donors (Lipinski definition) is 0. The minimum atomic E-state index is 0.921. The smallest absolute Gasteiger partial charge is 0.143 e. The Morgan fingerprint density at radius 2 is 0.740 bits per heavy atom. The molecule has 50 heavy (non-hydrogen) atoms. The molecule has 0 amide bonds. The fraction of sp³-hybridized carbons (Fsp3) is 0. The van der Waals surface area contributed by atoms with Crippen LogP contribution in [0.1, 0.15) is 0 Å². The fourth-order valence-corrected chi connectivity index (χ4v) is 8.95. The Bertz CT molecular complexity index is 3340. The van der Waals surface area contributed by atoms with Gasteiger partial charge in [-0.25, -0.2) is 0 Å². The summed E-state index contributed by atoms with van der Waals surface area (Å²) in [6.45, 7) is 0. The van der Waals surface area contributed by atoms with Gasteiger partial charge >= 0.3 is 0 Å². The van der Waals surface area contributed by atoms with E-state index in [4.69, 9.17) is 4.42 Å². The molecule has 2 nitrogen and oxygen atoms in total. The molecule has 0 fully saturated rings. The van der Waals surface area contributed by atoms with Crippen molar-refractivity contribution in [1.29, 1.82) is 0 Å². The predicted octanol–water partition coefficient (Wildman–Crippen LogP) is 13.5. The lowest BCUT2D eigenvalue weighted by Gasteiger charge is -2.12. The predicted molar refractivity (Wildman–Crippen MR) is 212 cm³/mol. The van der Waals surface area contributed by atoms with Crippen LogP contribution in [0.15, 0.2) is 168 Å². The minimum Gasteiger partial charge on any atom is -0.455 e. The summed E-state index contributed by atoms with van der Waals surface area (Å²) in [7, 11) is 0. The van der Waals surface area contributed by atoms with Crippen molar-refractivity contribution >= 4 is 92.4 Å². The Hall–Kier alpha value is -6.64. The third kappa shape index (κ3) is 3.32. The van der Waals surface area contributed by atoms with Crippen LogP contribution >= 0.6 is 0 Å². The van der Waals surface area contributed by atoms with Crippen molar-refractivity contribution in [3.05, 3.63) is 164 Å². The van der Waals surface area contributed by atoms with Gasteiger partial charge in [0.15, 0.2) is 0 Å². The Balaban J connectivity index is 1.09. The van der Waals surface area contributed by atoms with E-state index in [0.29, 0.717) is 0 Å². The van der Waals surface area contributed by atoms with Gasteiger partial charge in [-0.3, -0.25) is 0 Å². The Labute approximate surface area is 286 Å². The van der Waals surface area contributed by atoms with E-state index < -0.39 is 0 Å². The van der Waals surface area contributed by atoms with Gasteiger partial charge in [0.05, 0.1) is 16.6 Å². The number of hydrogen-bond acceptors (Lipinski definition) is 1. The highest BCUT2D eigenvalue weighted by Crippen LogP contribution is 2.44. The molecule has 12 rings (SSSR count). The largest absolute Gasteiger partial charge is 0.455 e. The fourth-order valence-electron chi connectivity index (χ4n) is 8.95. The lowest BCUT2D eigenvalue weighted by atomic mass is 9.92. The third-order valence-electron chi connectivity index (χ3n) is 11.1. The van der Waals surface area contributed by atoms with Crippen molar-refractivity contribution in [3.8, 4) is 22.3 Å². The molecule has 12 aromatic rings. The first-order valence-electron chi connectivity index (χ1n) is 17.3. The van der Waals surface area contributed by atoms with Crippen LogP contribution in [-0.4, -0.2) is 4.40 Å². The van der Waals surface area contributed by atoms with E-state index in [2.05, 4.69) is 168 Å². The SMILES string of the molecule is c1cc(-c2ccc3c4ccccc4c4ccccc4c3c2)c2oc3c(-c4ccc5c6cccc7c8ccccc8n(c5c4)c76)cccc3c2c1. The number of furan rings is 1. The molecule has 9 aromatic carbocycles. The molecule has 230 valence electrons. The van der Waals surface area contributed by atoms with E-state index in [1.807, 2.05) is 0 Å². The highest BCUT2D eigenvalue weighted by molar-refractivity contribution is 6.26. The van der Waals surface area contributed by atoms with Gasteiger partial charge in [0.2, 0.25) is 0 Å². The van der Waals surface area contributed by atoms with Crippen LogP contribution in [0.25, 0.3) is 115 Å². The van der Waals surface area contributed by atoms with Gasteiger partial charge in [-0.2, -0.15) is 0 Å². The maximum Gasteiger partial charge on any atom is 0.143 e. The Morgan fingerprint density at radius 1 is 0.300 bits per heavy atom. The molecule has 0 radical (unpaired) electrons. The number of rotatable bonds is 2. The second-order valence-electron chi connectivity index (χ2n) is 13.6. The zero-order valence-corrected chi connectivity index (χ0v) is 26.9. The van der Waals surface area contributed by atoms with Gasteiger partial charge in [0.1, 0.15) is 11.2 Å². The second-order valence-corrected chi connectivity index (χ2v) is 13.6. The molecule has 0 atom stereocenters.